The SMILES string of the molecule is COc1cc(-c2cn(C)c(=O)c3cnccc23)cc(OC)c1CN1CC[C@@H]1C(=O)NCCCCCCCCCc1cccc2c1C(=O)N(C1CCC(=O)NC1=O)C2=O. The van der Waals surface area contributed by atoms with Gasteiger partial charge in [-0.05, 0) is 72.9 Å². The monoisotopic (exact) mass is 790 g/mol. The molecule has 2 saturated heterocycles. The van der Waals surface area contributed by atoms with Crippen LogP contribution < -0.4 is 25.7 Å². The molecule has 2 atom stereocenters. The number of carbonyl (C=O) groups excluding carboxylic acids is 5. The topological polar surface area (TPSA) is 169 Å². The van der Waals surface area contributed by atoms with Crippen molar-refractivity contribution in [2.75, 3.05) is 27.3 Å². The Kier molecular flexibility index (Phi) is 12.3. The van der Waals surface area contributed by atoms with Gasteiger partial charge in [0.05, 0.1) is 42.3 Å². The second-order valence-corrected chi connectivity index (χ2v) is 15.3. The van der Waals surface area contributed by atoms with Crippen molar-refractivity contribution in [3.05, 3.63) is 87.6 Å². The fourth-order valence-corrected chi connectivity index (χ4v) is 8.41. The molecule has 58 heavy (non-hydrogen) atoms. The number of aryl methyl sites for hydroxylation is 2. The molecule has 5 amide bonds. The van der Waals surface area contributed by atoms with Crippen LogP contribution in [0.1, 0.15) is 96.1 Å². The van der Waals surface area contributed by atoms with Gasteiger partial charge < -0.3 is 19.4 Å². The summed E-state index contributed by atoms with van der Waals surface area (Å²) in [7, 11) is 4.96. The highest BCUT2D eigenvalue weighted by atomic mass is 16.5. The van der Waals surface area contributed by atoms with Crippen molar-refractivity contribution in [2.45, 2.75) is 89.3 Å². The zero-order valence-corrected chi connectivity index (χ0v) is 33.3. The summed E-state index contributed by atoms with van der Waals surface area (Å²) >= 11 is 0. The molecule has 2 N–H and O–H groups in total. The number of amides is 5. The number of benzene rings is 2. The molecule has 0 spiro atoms. The Hall–Kier alpha value is -5.89. The summed E-state index contributed by atoms with van der Waals surface area (Å²) in [6.07, 6.45) is 13.7. The second-order valence-electron chi connectivity index (χ2n) is 15.3. The molecule has 3 aliphatic heterocycles. The van der Waals surface area contributed by atoms with Crippen LogP contribution in [0.15, 0.2) is 59.8 Å². The molecule has 14 heteroatoms. The third kappa shape index (κ3) is 8.11. The van der Waals surface area contributed by atoms with Gasteiger partial charge >= 0.3 is 0 Å². The number of ether oxygens (including phenoxy) is 2. The molecule has 5 heterocycles. The zero-order chi connectivity index (χ0) is 40.9. The van der Waals surface area contributed by atoms with Gasteiger partial charge in [-0.25, -0.2) is 0 Å². The smallest absolute Gasteiger partial charge is 0.262 e. The van der Waals surface area contributed by atoms with Gasteiger partial charge in [0.25, 0.3) is 17.4 Å². The number of fused-ring (bicyclic) bond motifs is 2. The van der Waals surface area contributed by atoms with Crippen molar-refractivity contribution in [1.82, 2.24) is 30.0 Å². The van der Waals surface area contributed by atoms with E-state index < -0.39 is 29.7 Å². The first kappa shape index (κ1) is 40.3. The van der Waals surface area contributed by atoms with Gasteiger partial charge in [-0.2, -0.15) is 0 Å². The molecule has 1 unspecified atom stereocenters. The Morgan fingerprint density at radius 1 is 0.879 bits per heavy atom. The van der Waals surface area contributed by atoms with Crippen LogP contribution in [0.3, 0.4) is 0 Å². The van der Waals surface area contributed by atoms with E-state index in [1.54, 1.807) is 50.4 Å². The number of unbranched alkanes of at least 4 members (excludes halogenated alkanes) is 6. The molecular formula is C44H50N6O8. The lowest BCUT2D eigenvalue weighted by molar-refractivity contribution is -0.136. The van der Waals surface area contributed by atoms with Crippen LogP contribution in [-0.2, 0) is 34.4 Å². The quantitative estimate of drug-likeness (QED) is 0.113. The minimum atomic E-state index is -0.967. The van der Waals surface area contributed by atoms with Crippen molar-refractivity contribution in [2.24, 2.45) is 7.05 Å². The van der Waals surface area contributed by atoms with Gasteiger partial charge in [0.1, 0.15) is 17.5 Å². The highest BCUT2D eigenvalue weighted by Crippen LogP contribution is 2.39. The average Bonchev–Trinajstić information content (AvgIpc) is 3.47. The van der Waals surface area contributed by atoms with Crippen LogP contribution in [0.2, 0.25) is 0 Å². The lowest BCUT2D eigenvalue weighted by atomic mass is 9.96. The van der Waals surface area contributed by atoms with E-state index >= 15 is 0 Å². The number of rotatable bonds is 17. The molecule has 3 aliphatic rings. The van der Waals surface area contributed by atoms with E-state index in [-0.39, 0.29) is 30.3 Å². The van der Waals surface area contributed by atoms with E-state index in [1.165, 1.54) is 0 Å². The number of hydrogen-bond donors (Lipinski definition) is 2. The van der Waals surface area contributed by atoms with Crippen LogP contribution in [0.5, 0.6) is 11.5 Å². The number of nitrogens with one attached hydrogen (secondary N) is 2. The van der Waals surface area contributed by atoms with Crippen LogP contribution in [0, 0.1) is 0 Å². The largest absolute Gasteiger partial charge is 0.496 e. The van der Waals surface area contributed by atoms with Crippen molar-refractivity contribution in [3.8, 4) is 22.6 Å². The molecular weight excluding hydrogens is 741 g/mol. The van der Waals surface area contributed by atoms with Crippen LogP contribution in [0.25, 0.3) is 21.9 Å². The van der Waals surface area contributed by atoms with Gasteiger partial charge in [-0.3, -0.25) is 48.9 Å². The molecule has 2 fully saturated rings. The van der Waals surface area contributed by atoms with Gasteiger partial charge in [0, 0.05) is 57.3 Å². The van der Waals surface area contributed by atoms with Gasteiger partial charge in [0.15, 0.2) is 0 Å². The van der Waals surface area contributed by atoms with Crippen molar-refractivity contribution in [3.63, 3.8) is 0 Å². The summed E-state index contributed by atoms with van der Waals surface area (Å²) in [5, 5.41) is 6.69. The molecule has 0 aliphatic carbocycles. The van der Waals surface area contributed by atoms with E-state index in [4.69, 9.17) is 9.47 Å². The fourth-order valence-electron chi connectivity index (χ4n) is 8.41. The highest BCUT2D eigenvalue weighted by Gasteiger charge is 2.45. The minimum absolute atomic E-state index is 0.0268. The maximum Gasteiger partial charge on any atom is 0.262 e. The van der Waals surface area contributed by atoms with E-state index in [9.17, 15) is 28.8 Å². The first-order chi connectivity index (χ1) is 28.1. The number of nitrogens with zero attached hydrogens (tertiary/aromatic N) is 4. The number of likely N-dealkylation sites (tertiary alicyclic amines) is 1. The molecule has 4 aromatic rings. The summed E-state index contributed by atoms with van der Waals surface area (Å²) in [4.78, 5) is 83.7. The van der Waals surface area contributed by atoms with E-state index in [0.717, 1.165) is 90.5 Å². The zero-order valence-electron chi connectivity index (χ0n) is 33.3. The predicted molar refractivity (Wildman–Crippen MR) is 216 cm³/mol. The van der Waals surface area contributed by atoms with Crippen LogP contribution >= 0.6 is 0 Å². The Labute approximate surface area is 336 Å². The standard InChI is InChI=1S/C44H50N6O8/c1-48-25-32(29-17-20-45-24-31(29)42(48)54)28-22-36(57-2)33(37(23-28)58-3)26-49-21-18-34(49)40(52)46-19-10-8-6-4-5-7-9-12-27-13-11-14-30-39(27)44(56)50(43(30)55)35-15-16-38(51)47-41(35)53/h11,13-14,17,20,22-25,34-35H,4-10,12,15-16,18-19,21,26H2,1-3H3,(H,46,52)(H,47,51,53)/t34-,35?/m1/s1. The number of hydrogen-bond acceptors (Lipinski definition) is 10. The number of aromatic nitrogens is 2. The molecule has 304 valence electrons. The van der Waals surface area contributed by atoms with Crippen molar-refractivity contribution in [1.29, 1.82) is 0 Å². The fraction of sp³-hybridized carbons (Fsp3) is 0.432. The molecule has 2 aromatic carbocycles. The van der Waals surface area contributed by atoms with E-state index in [1.807, 2.05) is 30.5 Å². The minimum Gasteiger partial charge on any atom is -0.496 e. The van der Waals surface area contributed by atoms with E-state index in [0.29, 0.717) is 47.5 Å². The van der Waals surface area contributed by atoms with E-state index in [2.05, 4.69) is 20.5 Å². The predicted octanol–water partition coefficient (Wildman–Crippen LogP) is 4.68. The van der Waals surface area contributed by atoms with Crippen molar-refractivity contribution < 1.29 is 33.4 Å². The summed E-state index contributed by atoms with van der Waals surface area (Å²) in [6.45, 7) is 1.90. The van der Waals surface area contributed by atoms with Crippen molar-refractivity contribution >= 4 is 40.3 Å². The second kappa shape index (κ2) is 17.7. The molecule has 7 rings (SSSR count). The molecule has 2 aromatic heterocycles. The molecule has 0 radical (unpaired) electrons. The third-order valence-corrected chi connectivity index (χ3v) is 11.7. The number of methoxy groups -OCH3 is 2. The summed E-state index contributed by atoms with van der Waals surface area (Å²) in [6, 6.07) is 9.82. The number of piperidine rings is 1. The summed E-state index contributed by atoms with van der Waals surface area (Å²) in [5.41, 5.74) is 3.95. The number of pyridine rings is 2. The van der Waals surface area contributed by atoms with Crippen LogP contribution in [0.4, 0.5) is 0 Å². The normalized spacial score (nSPS) is 17.9. The van der Waals surface area contributed by atoms with Gasteiger partial charge in [0.2, 0.25) is 17.7 Å². The third-order valence-electron chi connectivity index (χ3n) is 11.7. The maximum atomic E-state index is 13.3. The molecule has 0 saturated carbocycles. The Morgan fingerprint density at radius 3 is 2.29 bits per heavy atom. The number of imide groups is 2. The lowest BCUT2D eigenvalue weighted by Crippen LogP contribution is -2.55. The molecule has 14 nitrogen and oxygen atoms in total. The molecule has 0 bridgehead atoms. The lowest BCUT2D eigenvalue weighted by Gasteiger charge is -2.40. The Bertz CT molecular complexity index is 2300. The summed E-state index contributed by atoms with van der Waals surface area (Å²) < 4.78 is 13.3. The highest BCUT2D eigenvalue weighted by molar-refractivity contribution is 6.24. The summed E-state index contributed by atoms with van der Waals surface area (Å²) in [5.74, 6) is -0.622. The number of carbonyl (C=O) groups is 5. The first-order valence-electron chi connectivity index (χ1n) is 20.1. The Balaban J connectivity index is 0.832. The Morgan fingerprint density at radius 2 is 1.60 bits per heavy atom. The average molecular weight is 791 g/mol. The van der Waals surface area contributed by atoms with Gasteiger partial charge in [-0.15, -0.1) is 0 Å². The maximum absolute atomic E-state index is 13.3. The van der Waals surface area contributed by atoms with Crippen LogP contribution in [-0.4, -0.2) is 88.3 Å². The van der Waals surface area contributed by atoms with Gasteiger partial charge in [-0.1, -0.05) is 44.2 Å². The first-order valence-corrected chi connectivity index (χ1v) is 20.1.